The van der Waals surface area contributed by atoms with Gasteiger partial charge in [0.05, 0.1) is 12.2 Å². The summed E-state index contributed by atoms with van der Waals surface area (Å²) >= 11 is 0. The maximum atomic E-state index is 13.8. The molecule has 2 rings (SSSR count). The molecule has 15 heteroatoms. The average molecular weight is 519 g/mol. The number of para-hydroxylation sites is 1. The van der Waals surface area contributed by atoms with Crippen LogP contribution in [-0.4, -0.2) is 63.2 Å². The topological polar surface area (TPSA) is 138 Å². The molecular formula is C21H33B3N3O8P. The molecule has 0 fully saturated rings. The van der Waals surface area contributed by atoms with Crippen molar-refractivity contribution in [1.29, 1.82) is 0 Å². The predicted molar refractivity (Wildman–Crippen MR) is 144 cm³/mol. The van der Waals surface area contributed by atoms with E-state index in [1.165, 1.54) is 10.8 Å². The Balaban J connectivity index is 2.27. The second kappa shape index (κ2) is 12.6. The van der Waals surface area contributed by atoms with E-state index >= 15 is 0 Å². The van der Waals surface area contributed by atoms with E-state index < -0.39 is 49.2 Å². The van der Waals surface area contributed by atoms with Crippen LogP contribution in [0.4, 0.5) is 0 Å². The van der Waals surface area contributed by atoms with Gasteiger partial charge in [0.25, 0.3) is 0 Å². The smallest absolute Gasteiger partial charge is 0.458 e. The molecule has 0 amide bonds. The van der Waals surface area contributed by atoms with Crippen LogP contribution in [0.25, 0.3) is 0 Å². The second-order valence-electron chi connectivity index (χ2n) is 9.08. The van der Waals surface area contributed by atoms with Gasteiger partial charge in [0.1, 0.15) is 42.1 Å². The Kier molecular flexibility index (Phi) is 10.4. The van der Waals surface area contributed by atoms with Crippen LogP contribution in [-0.2, 0) is 23.4 Å². The van der Waals surface area contributed by atoms with Gasteiger partial charge in [0.15, 0.2) is 0 Å². The molecule has 0 saturated heterocycles. The van der Waals surface area contributed by atoms with E-state index in [-0.39, 0.29) is 11.9 Å². The molecule has 3 atom stereocenters. The van der Waals surface area contributed by atoms with E-state index in [9.17, 15) is 18.9 Å². The number of nitrogens with one attached hydrogen (secondary N) is 2. The van der Waals surface area contributed by atoms with E-state index in [4.69, 9.17) is 18.5 Å². The molecule has 0 spiro atoms. The van der Waals surface area contributed by atoms with Crippen LogP contribution in [0, 0.1) is 0 Å². The van der Waals surface area contributed by atoms with Crippen molar-refractivity contribution < 1.29 is 27.9 Å². The Labute approximate surface area is 213 Å². The Bertz CT molecular complexity index is 1190. The maximum absolute atomic E-state index is 13.8. The van der Waals surface area contributed by atoms with Crippen molar-refractivity contribution >= 4 is 42.7 Å². The van der Waals surface area contributed by atoms with Gasteiger partial charge in [0, 0.05) is 11.6 Å². The van der Waals surface area contributed by atoms with Crippen LogP contribution in [0.3, 0.4) is 0 Å². The molecule has 0 aliphatic carbocycles. The summed E-state index contributed by atoms with van der Waals surface area (Å²) in [5.74, 6) is -0.341. The van der Waals surface area contributed by atoms with Gasteiger partial charge in [-0.15, -0.1) is 0 Å². The van der Waals surface area contributed by atoms with Gasteiger partial charge >= 0.3 is 19.4 Å². The molecule has 0 bridgehead atoms. The number of hydrogen-bond acceptors (Lipinski definition) is 8. The van der Waals surface area contributed by atoms with Crippen LogP contribution < -0.4 is 26.3 Å². The third-order valence-corrected chi connectivity index (χ3v) is 6.86. The largest absolute Gasteiger partial charge is 0.462 e. The zero-order chi connectivity index (χ0) is 27.1. The average Bonchev–Trinajstić information content (AvgIpc) is 2.78. The number of esters is 1. The molecule has 0 saturated carbocycles. The molecule has 2 N–H and O–H groups in total. The summed E-state index contributed by atoms with van der Waals surface area (Å²) in [5.41, 5.74) is -0.734. The zero-order valence-corrected chi connectivity index (χ0v) is 22.7. The first kappa shape index (κ1) is 29.7. The van der Waals surface area contributed by atoms with Crippen molar-refractivity contribution in [3.8, 4) is 5.75 Å². The van der Waals surface area contributed by atoms with E-state index in [1.54, 1.807) is 74.6 Å². The van der Waals surface area contributed by atoms with E-state index in [1.807, 2.05) is 6.92 Å². The van der Waals surface area contributed by atoms with Crippen molar-refractivity contribution in [3.63, 3.8) is 0 Å². The van der Waals surface area contributed by atoms with E-state index in [0.29, 0.717) is 11.9 Å². The number of benzene rings is 1. The van der Waals surface area contributed by atoms with Gasteiger partial charge in [0.2, 0.25) is 5.56 Å². The number of rotatable bonds is 13. The fourth-order valence-electron chi connectivity index (χ4n) is 3.45. The van der Waals surface area contributed by atoms with Crippen molar-refractivity contribution in [1.82, 2.24) is 14.6 Å². The molecule has 1 heterocycles. The number of aromatic nitrogens is 2. The number of ether oxygens (including phenoxy) is 2. The van der Waals surface area contributed by atoms with Crippen molar-refractivity contribution in [2.75, 3.05) is 6.54 Å². The molecule has 0 aliphatic heterocycles. The normalized spacial score (nSPS) is 15.1. The lowest BCUT2D eigenvalue weighted by molar-refractivity contribution is -0.146. The molecule has 194 valence electrons. The summed E-state index contributed by atoms with van der Waals surface area (Å²) in [7, 11) is 0.810. The molecule has 3 unspecified atom stereocenters. The van der Waals surface area contributed by atoms with Gasteiger partial charge in [-0.25, -0.2) is 14.4 Å². The highest BCUT2D eigenvalue weighted by Gasteiger charge is 2.41. The summed E-state index contributed by atoms with van der Waals surface area (Å²) in [5, 5.41) is 1.37. The number of nitrogens with zero attached hydrogens (tertiary/aromatic N) is 1. The Morgan fingerprint density at radius 1 is 1.19 bits per heavy atom. The molecule has 1 aromatic carbocycles. The molecule has 36 heavy (non-hydrogen) atoms. The number of hydrogen-bond donors (Lipinski definition) is 2. The SMILES string of the molecule is Bc1cn(C(C)OC(CC)C(B)(B)OP(=O)(NCC(=O)OC(C)C)Oc2ccccc2)c(=O)[nH]c1=O. The van der Waals surface area contributed by atoms with E-state index in [2.05, 4.69) is 10.1 Å². The number of H-pyrrole nitrogens is 1. The Hall–Kier alpha value is -2.53. The van der Waals surface area contributed by atoms with Gasteiger partial charge in [-0.3, -0.25) is 23.7 Å². The van der Waals surface area contributed by atoms with E-state index in [0.717, 1.165) is 0 Å². The van der Waals surface area contributed by atoms with Crippen LogP contribution in [0.15, 0.2) is 46.1 Å². The molecular weight excluding hydrogens is 486 g/mol. The lowest BCUT2D eigenvalue weighted by atomic mass is 9.61. The third-order valence-electron chi connectivity index (χ3n) is 5.15. The summed E-state index contributed by atoms with van der Waals surface area (Å²) in [6.45, 7) is 6.50. The Morgan fingerprint density at radius 2 is 1.83 bits per heavy atom. The molecule has 2 aromatic rings. The summed E-state index contributed by atoms with van der Waals surface area (Å²) in [4.78, 5) is 38.3. The lowest BCUT2D eigenvalue weighted by Gasteiger charge is -2.38. The fourth-order valence-corrected chi connectivity index (χ4v) is 5.07. The highest BCUT2D eigenvalue weighted by molar-refractivity contribution is 7.52. The van der Waals surface area contributed by atoms with Gasteiger partial charge in [-0.1, -0.05) is 25.1 Å². The quantitative estimate of drug-likeness (QED) is 0.190. The zero-order valence-electron chi connectivity index (χ0n) is 21.8. The van der Waals surface area contributed by atoms with Crippen molar-refractivity contribution in [3.05, 3.63) is 57.4 Å². The minimum Gasteiger partial charge on any atom is -0.462 e. The molecule has 0 aliphatic rings. The highest BCUT2D eigenvalue weighted by Crippen LogP contribution is 2.48. The van der Waals surface area contributed by atoms with Crippen molar-refractivity contribution in [2.24, 2.45) is 0 Å². The number of carbonyl (C=O) groups excluding carboxylic acids is 1. The first-order valence-electron chi connectivity index (χ1n) is 11.7. The minimum atomic E-state index is -4.11. The van der Waals surface area contributed by atoms with Gasteiger partial charge in [-0.05, 0) is 44.8 Å². The van der Waals surface area contributed by atoms with Gasteiger partial charge < -0.3 is 14.0 Å². The fraction of sp³-hybridized carbons (Fsp3) is 0.476. The Morgan fingerprint density at radius 3 is 2.42 bits per heavy atom. The second-order valence-corrected chi connectivity index (χ2v) is 10.8. The predicted octanol–water partition coefficient (Wildman–Crippen LogP) is -1.23. The van der Waals surface area contributed by atoms with Crippen LogP contribution in [0.1, 0.15) is 40.3 Å². The summed E-state index contributed by atoms with van der Waals surface area (Å²) in [6.07, 6.45) is 0.0609. The lowest BCUT2D eigenvalue weighted by Crippen LogP contribution is -2.50. The molecule has 11 nitrogen and oxygen atoms in total. The van der Waals surface area contributed by atoms with Crippen molar-refractivity contribution in [2.45, 2.75) is 58.0 Å². The minimum absolute atomic E-state index is 0.277. The first-order chi connectivity index (χ1) is 16.8. The monoisotopic (exact) mass is 519 g/mol. The molecule has 0 radical (unpaired) electrons. The standard InChI is InChI=1S/C21H33B3N3O8P/c1-5-17(33-14(4)27-12-16(22)19(29)26-20(27)30)21(23,24)35-36(31,25-11-18(28)32-13(2)3)34-15-9-7-6-8-10-15/h6-10,12-14,17H,5,11,22-24H2,1-4H3,(H,25,31)(H,26,29,30). The summed E-state index contributed by atoms with van der Waals surface area (Å²) < 4.78 is 38.0. The molecule has 1 aromatic heterocycles. The maximum Gasteiger partial charge on any atom is 0.458 e. The third kappa shape index (κ3) is 8.55. The van der Waals surface area contributed by atoms with Crippen LogP contribution in [0.5, 0.6) is 5.75 Å². The first-order valence-corrected chi connectivity index (χ1v) is 13.3. The van der Waals surface area contributed by atoms with Crippen LogP contribution in [0.2, 0.25) is 0 Å². The van der Waals surface area contributed by atoms with Gasteiger partial charge in [-0.2, -0.15) is 0 Å². The number of aromatic amines is 1. The number of carbonyl (C=O) groups is 1. The highest BCUT2D eigenvalue weighted by atomic mass is 31.2. The van der Waals surface area contributed by atoms with Crippen LogP contribution >= 0.6 is 7.75 Å². The summed E-state index contributed by atoms with van der Waals surface area (Å²) in [6, 6.07) is 8.41.